The molecule has 0 aliphatic rings. The molecule has 0 radical (unpaired) electrons. The van der Waals surface area contributed by atoms with Gasteiger partial charge in [0, 0.05) is 6.07 Å². The maximum Gasteiger partial charge on any atom is 0.348 e. The van der Waals surface area contributed by atoms with Crippen molar-refractivity contribution >= 4 is 11.4 Å². The Morgan fingerprint density at radius 2 is 1.85 bits per heavy atom. The van der Waals surface area contributed by atoms with Crippen LogP contribution in [0.4, 0.5) is 5.69 Å². The van der Waals surface area contributed by atoms with Gasteiger partial charge in [0.1, 0.15) is 17.1 Å². The van der Waals surface area contributed by atoms with Gasteiger partial charge in [-0.1, -0.05) is 6.07 Å². The van der Waals surface area contributed by atoms with Crippen molar-refractivity contribution in [2.24, 2.45) is 4.99 Å². The highest BCUT2D eigenvalue weighted by molar-refractivity contribution is 6.01. The van der Waals surface area contributed by atoms with Gasteiger partial charge in [0.2, 0.25) is 0 Å². The zero-order valence-corrected chi connectivity index (χ0v) is 12.0. The molecule has 1 heterocycles. The van der Waals surface area contributed by atoms with Crippen molar-refractivity contribution in [2.75, 3.05) is 0 Å². The molecule has 104 valence electrons. The summed E-state index contributed by atoms with van der Waals surface area (Å²) in [6.07, 6.45) is 0. The normalized spacial score (nSPS) is 11.7. The van der Waals surface area contributed by atoms with Crippen LogP contribution in [0.3, 0.4) is 0 Å². The van der Waals surface area contributed by atoms with Crippen LogP contribution in [0.15, 0.2) is 38.5 Å². The van der Waals surface area contributed by atoms with Gasteiger partial charge in [-0.3, -0.25) is 4.99 Å². The molecule has 0 aliphatic heterocycles. The largest absolute Gasteiger partial charge is 0.507 e. The zero-order valence-electron chi connectivity index (χ0n) is 12.0. The Hall–Kier alpha value is -2.36. The van der Waals surface area contributed by atoms with Gasteiger partial charge in [-0.25, -0.2) is 4.79 Å². The Balaban J connectivity index is 2.50. The fraction of sp³-hybridized carbons (Fsp3) is 0.250. The second kappa shape index (κ2) is 5.33. The highest BCUT2D eigenvalue weighted by Gasteiger charge is 2.12. The summed E-state index contributed by atoms with van der Waals surface area (Å²) in [5.41, 5.74) is 3.00. The van der Waals surface area contributed by atoms with Gasteiger partial charge in [0.15, 0.2) is 0 Å². The molecular weight excluding hydrogens is 254 g/mol. The second-order valence-corrected chi connectivity index (χ2v) is 4.87. The average molecular weight is 271 g/mol. The lowest BCUT2D eigenvalue weighted by atomic mass is 10.1. The van der Waals surface area contributed by atoms with Crippen LogP contribution in [0.2, 0.25) is 0 Å². The van der Waals surface area contributed by atoms with E-state index < -0.39 is 5.63 Å². The van der Waals surface area contributed by atoms with Crippen LogP contribution in [-0.2, 0) is 0 Å². The fourth-order valence-corrected chi connectivity index (χ4v) is 1.97. The minimum Gasteiger partial charge on any atom is -0.507 e. The summed E-state index contributed by atoms with van der Waals surface area (Å²) in [5.74, 6) is 0.263. The molecule has 0 unspecified atom stereocenters. The van der Waals surface area contributed by atoms with E-state index in [1.165, 1.54) is 11.6 Å². The molecule has 0 saturated carbocycles. The van der Waals surface area contributed by atoms with E-state index in [4.69, 9.17) is 4.42 Å². The highest BCUT2D eigenvalue weighted by atomic mass is 16.4. The minimum absolute atomic E-state index is 0.105. The maximum atomic E-state index is 11.8. The van der Waals surface area contributed by atoms with Crippen LogP contribution in [0.5, 0.6) is 5.75 Å². The number of nitrogens with zero attached hydrogens (tertiary/aromatic N) is 1. The van der Waals surface area contributed by atoms with Crippen molar-refractivity contribution in [2.45, 2.75) is 27.7 Å². The third-order valence-electron chi connectivity index (χ3n) is 3.20. The Morgan fingerprint density at radius 1 is 1.15 bits per heavy atom. The molecule has 2 rings (SSSR count). The molecule has 1 N–H and O–H groups in total. The van der Waals surface area contributed by atoms with E-state index in [0.29, 0.717) is 11.5 Å². The van der Waals surface area contributed by atoms with E-state index in [9.17, 15) is 9.90 Å². The lowest BCUT2D eigenvalue weighted by Gasteiger charge is -2.05. The summed E-state index contributed by atoms with van der Waals surface area (Å²) >= 11 is 0. The van der Waals surface area contributed by atoms with Gasteiger partial charge in [0.25, 0.3) is 0 Å². The number of aryl methyl sites for hydroxylation is 3. The standard InChI is InChI=1S/C16H17NO3/c1-9-5-6-13(7-10(9)2)17-12(4)15-14(18)8-11(3)20-16(15)19/h5-8,18H,1-4H3. The molecule has 4 nitrogen and oxygen atoms in total. The molecular formula is C16H17NO3. The number of benzene rings is 1. The van der Waals surface area contributed by atoms with Crippen LogP contribution in [0, 0.1) is 20.8 Å². The number of hydrogen-bond donors (Lipinski definition) is 1. The number of aliphatic imine (C=N–C) groups is 1. The average Bonchev–Trinajstić information content (AvgIpc) is 2.32. The van der Waals surface area contributed by atoms with Crippen molar-refractivity contribution < 1.29 is 9.52 Å². The smallest absolute Gasteiger partial charge is 0.348 e. The molecule has 20 heavy (non-hydrogen) atoms. The lowest BCUT2D eigenvalue weighted by molar-refractivity contribution is 0.432. The van der Waals surface area contributed by atoms with Gasteiger partial charge in [-0.15, -0.1) is 0 Å². The SMILES string of the molecule is CC(=Nc1ccc(C)c(C)c1)c1c(O)cc(C)oc1=O. The van der Waals surface area contributed by atoms with Crippen LogP contribution in [0.1, 0.15) is 29.4 Å². The molecule has 1 aromatic carbocycles. The van der Waals surface area contributed by atoms with E-state index >= 15 is 0 Å². The summed E-state index contributed by atoms with van der Waals surface area (Å²) in [6.45, 7) is 7.31. The molecule has 2 aromatic rings. The third-order valence-corrected chi connectivity index (χ3v) is 3.20. The Kier molecular flexibility index (Phi) is 3.74. The van der Waals surface area contributed by atoms with Crippen molar-refractivity contribution in [3.8, 4) is 5.75 Å². The van der Waals surface area contributed by atoms with E-state index in [0.717, 1.165) is 11.3 Å². The van der Waals surface area contributed by atoms with E-state index in [2.05, 4.69) is 4.99 Å². The van der Waals surface area contributed by atoms with Crippen LogP contribution in [0.25, 0.3) is 0 Å². The summed E-state index contributed by atoms with van der Waals surface area (Å²) in [5, 5.41) is 9.88. The summed E-state index contributed by atoms with van der Waals surface area (Å²) in [7, 11) is 0. The minimum atomic E-state index is -0.576. The van der Waals surface area contributed by atoms with E-state index in [1.807, 2.05) is 32.0 Å². The molecule has 0 bridgehead atoms. The van der Waals surface area contributed by atoms with Crippen LogP contribution < -0.4 is 5.63 Å². The third kappa shape index (κ3) is 2.79. The first kappa shape index (κ1) is 14.1. The predicted molar refractivity (Wildman–Crippen MR) is 79.2 cm³/mol. The second-order valence-electron chi connectivity index (χ2n) is 4.87. The van der Waals surface area contributed by atoms with Crippen molar-refractivity contribution in [3.05, 3.63) is 57.1 Å². The molecule has 0 saturated heterocycles. The summed E-state index contributed by atoms with van der Waals surface area (Å²) in [4.78, 5) is 16.2. The van der Waals surface area contributed by atoms with Gasteiger partial charge in [-0.05, 0) is 51.0 Å². The Morgan fingerprint density at radius 3 is 2.45 bits per heavy atom. The van der Waals surface area contributed by atoms with Gasteiger partial charge in [-0.2, -0.15) is 0 Å². The summed E-state index contributed by atoms with van der Waals surface area (Å²) in [6, 6.07) is 7.19. The summed E-state index contributed by atoms with van der Waals surface area (Å²) < 4.78 is 4.99. The Bertz CT molecular complexity index is 742. The van der Waals surface area contributed by atoms with Crippen LogP contribution in [-0.4, -0.2) is 10.8 Å². The molecule has 4 heteroatoms. The van der Waals surface area contributed by atoms with Crippen molar-refractivity contribution in [1.29, 1.82) is 0 Å². The van der Waals surface area contributed by atoms with Crippen molar-refractivity contribution in [1.82, 2.24) is 0 Å². The first-order valence-electron chi connectivity index (χ1n) is 6.35. The Labute approximate surface area is 117 Å². The monoisotopic (exact) mass is 271 g/mol. The highest BCUT2D eigenvalue weighted by Crippen LogP contribution is 2.21. The fourth-order valence-electron chi connectivity index (χ4n) is 1.97. The van der Waals surface area contributed by atoms with Gasteiger partial charge >= 0.3 is 5.63 Å². The van der Waals surface area contributed by atoms with Gasteiger partial charge < -0.3 is 9.52 Å². The van der Waals surface area contributed by atoms with Crippen LogP contribution >= 0.6 is 0 Å². The topological polar surface area (TPSA) is 62.8 Å². The van der Waals surface area contributed by atoms with Gasteiger partial charge in [0.05, 0.1) is 11.4 Å². The molecule has 0 amide bonds. The number of rotatable bonds is 2. The van der Waals surface area contributed by atoms with E-state index in [1.54, 1.807) is 13.8 Å². The number of hydrogen-bond acceptors (Lipinski definition) is 4. The maximum absolute atomic E-state index is 11.8. The first-order chi connectivity index (χ1) is 9.38. The quantitative estimate of drug-likeness (QED) is 0.851. The van der Waals surface area contributed by atoms with Crippen molar-refractivity contribution in [3.63, 3.8) is 0 Å². The zero-order chi connectivity index (χ0) is 14.9. The lowest BCUT2D eigenvalue weighted by Crippen LogP contribution is -2.12. The molecule has 0 aliphatic carbocycles. The van der Waals surface area contributed by atoms with E-state index in [-0.39, 0.29) is 11.3 Å². The predicted octanol–water partition coefficient (Wildman–Crippen LogP) is 3.41. The molecule has 0 atom stereocenters. The number of aromatic hydroxyl groups is 1. The molecule has 0 spiro atoms. The first-order valence-corrected chi connectivity index (χ1v) is 6.35. The molecule has 0 fully saturated rings. The molecule has 1 aromatic heterocycles.